The van der Waals surface area contributed by atoms with Crippen molar-refractivity contribution in [1.29, 1.82) is 0 Å². The summed E-state index contributed by atoms with van der Waals surface area (Å²) < 4.78 is 10.5. The minimum atomic E-state index is -0.952. The van der Waals surface area contributed by atoms with Gasteiger partial charge in [-0.3, -0.25) is 14.4 Å². The molecule has 2 heterocycles. The molecule has 2 aliphatic rings. The highest BCUT2D eigenvalue weighted by molar-refractivity contribution is 5.86. The van der Waals surface area contributed by atoms with Crippen molar-refractivity contribution in [2.45, 2.75) is 90.7 Å². The Morgan fingerprint density at radius 3 is 2.36 bits per heavy atom. The number of hydrogen-bond acceptors (Lipinski definition) is 7. The Labute approximate surface area is 261 Å². The lowest BCUT2D eigenvalue weighted by Gasteiger charge is -2.34. The maximum atomic E-state index is 13.1. The average molecular weight is 615 g/mol. The number of benzene rings is 1. The highest BCUT2D eigenvalue weighted by atomic mass is 16.6. The predicted molar refractivity (Wildman–Crippen MR) is 165 cm³/mol. The number of carbonyl (C=O) groups excluding carboxylic acids is 5. The minimum absolute atomic E-state index is 0.0379. The molecular formula is C33H50N4O7. The molecular weight excluding hydrogens is 564 g/mol. The van der Waals surface area contributed by atoms with Crippen LogP contribution in [0.5, 0.6) is 0 Å². The third-order valence-corrected chi connectivity index (χ3v) is 8.38. The lowest BCUT2D eigenvalue weighted by atomic mass is 9.91. The predicted octanol–water partition coefficient (Wildman–Crippen LogP) is 3.80. The van der Waals surface area contributed by atoms with E-state index in [4.69, 9.17) is 9.47 Å². The Hall–Kier alpha value is -3.63. The molecule has 2 aliphatic heterocycles. The molecule has 244 valence electrons. The molecule has 11 nitrogen and oxygen atoms in total. The van der Waals surface area contributed by atoms with E-state index in [-0.39, 0.29) is 49.5 Å². The fraction of sp³-hybridized carbons (Fsp3) is 0.667. The van der Waals surface area contributed by atoms with Crippen molar-refractivity contribution in [1.82, 2.24) is 20.4 Å². The van der Waals surface area contributed by atoms with Crippen LogP contribution in [0.1, 0.15) is 83.6 Å². The van der Waals surface area contributed by atoms with Gasteiger partial charge in [0.1, 0.15) is 12.6 Å². The summed E-state index contributed by atoms with van der Waals surface area (Å²) in [6, 6.07) is 8.65. The van der Waals surface area contributed by atoms with E-state index in [1.54, 1.807) is 16.7 Å². The molecule has 2 atom stereocenters. The van der Waals surface area contributed by atoms with Gasteiger partial charge in [-0.25, -0.2) is 9.59 Å². The lowest BCUT2D eigenvalue weighted by molar-refractivity contribution is -0.147. The number of esters is 1. The van der Waals surface area contributed by atoms with Crippen LogP contribution in [0.3, 0.4) is 0 Å². The van der Waals surface area contributed by atoms with Gasteiger partial charge in [-0.15, -0.1) is 0 Å². The zero-order chi connectivity index (χ0) is 31.7. The number of unbranched alkanes of at least 4 members (excludes halogenated alkanes) is 2. The molecule has 0 aliphatic carbocycles. The Morgan fingerprint density at radius 2 is 1.66 bits per heavy atom. The third kappa shape index (κ3) is 11.8. The fourth-order valence-electron chi connectivity index (χ4n) is 5.70. The maximum Gasteiger partial charge on any atom is 0.410 e. The second-order valence-corrected chi connectivity index (χ2v) is 11.8. The average Bonchev–Trinajstić information content (AvgIpc) is 3.05. The van der Waals surface area contributed by atoms with Gasteiger partial charge in [0, 0.05) is 45.6 Å². The molecule has 1 aromatic rings. The first-order valence-corrected chi connectivity index (χ1v) is 16.3. The lowest BCUT2D eigenvalue weighted by Crippen LogP contribution is -2.51. The summed E-state index contributed by atoms with van der Waals surface area (Å²) in [5.41, 5.74) is 0.953. The highest BCUT2D eigenvalue weighted by Gasteiger charge is 2.31. The second kappa shape index (κ2) is 18.9. The Bertz CT molecular complexity index is 1080. The van der Waals surface area contributed by atoms with Gasteiger partial charge in [0.15, 0.2) is 0 Å². The fourth-order valence-corrected chi connectivity index (χ4v) is 5.70. The molecule has 44 heavy (non-hydrogen) atoms. The number of amides is 4. The van der Waals surface area contributed by atoms with E-state index in [2.05, 4.69) is 10.6 Å². The Morgan fingerprint density at radius 1 is 0.909 bits per heavy atom. The van der Waals surface area contributed by atoms with E-state index in [0.717, 1.165) is 50.5 Å². The van der Waals surface area contributed by atoms with E-state index < -0.39 is 12.0 Å². The van der Waals surface area contributed by atoms with E-state index in [1.165, 1.54) is 0 Å². The molecule has 3 rings (SSSR count). The van der Waals surface area contributed by atoms with Gasteiger partial charge in [0.25, 0.3) is 0 Å². The van der Waals surface area contributed by atoms with Gasteiger partial charge in [0.05, 0.1) is 12.5 Å². The van der Waals surface area contributed by atoms with Gasteiger partial charge in [0.2, 0.25) is 17.7 Å². The molecule has 1 aromatic carbocycles. The SMILES string of the molecule is CCCCCC(=O)NC(CNC(=O)[C@@H]1CCCN(C(=O)CCC2CCN(C(=O)OCc3ccccc3)CC2)C1)C(=O)OCC. The van der Waals surface area contributed by atoms with Crippen LogP contribution >= 0.6 is 0 Å². The number of hydrogen-bond donors (Lipinski definition) is 2. The third-order valence-electron chi connectivity index (χ3n) is 8.38. The quantitative estimate of drug-likeness (QED) is 0.227. The number of nitrogens with one attached hydrogen (secondary N) is 2. The van der Waals surface area contributed by atoms with Crippen LogP contribution < -0.4 is 10.6 Å². The molecule has 2 fully saturated rings. The second-order valence-electron chi connectivity index (χ2n) is 11.8. The summed E-state index contributed by atoms with van der Waals surface area (Å²) in [5.74, 6) is -1.03. The van der Waals surface area contributed by atoms with E-state index in [9.17, 15) is 24.0 Å². The molecule has 0 saturated carbocycles. The first-order chi connectivity index (χ1) is 21.3. The summed E-state index contributed by atoms with van der Waals surface area (Å²) in [6.07, 6.45) is 6.86. The molecule has 2 N–H and O–H groups in total. The van der Waals surface area contributed by atoms with Crippen LogP contribution in [0.2, 0.25) is 0 Å². The molecule has 0 bridgehead atoms. The molecule has 2 saturated heterocycles. The van der Waals surface area contributed by atoms with Gasteiger partial charge in [-0.05, 0) is 56.9 Å². The smallest absolute Gasteiger partial charge is 0.410 e. The number of carbonyl (C=O) groups is 5. The maximum absolute atomic E-state index is 13.1. The first-order valence-electron chi connectivity index (χ1n) is 16.3. The standard InChI is InChI=1S/C33H50N4O7/c1-3-5-7-14-29(38)35-28(32(41)43-4-2)22-34-31(40)27-13-10-19-37(23-27)30(39)16-15-25-17-20-36(21-18-25)33(42)44-24-26-11-8-6-9-12-26/h6,8-9,11-12,25,27-28H,3-5,7,10,13-24H2,1-2H3,(H,34,40)(H,35,38)/t27-,28?/m1/s1. The summed E-state index contributed by atoms with van der Waals surface area (Å²) >= 11 is 0. The van der Waals surface area contributed by atoms with Gasteiger partial charge < -0.3 is 29.9 Å². The summed E-state index contributed by atoms with van der Waals surface area (Å²) in [5, 5.41) is 5.50. The van der Waals surface area contributed by atoms with Crippen molar-refractivity contribution in [3.8, 4) is 0 Å². The molecule has 0 radical (unpaired) electrons. The zero-order valence-corrected chi connectivity index (χ0v) is 26.4. The Balaban J connectivity index is 1.37. The van der Waals surface area contributed by atoms with Crippen LogP contribution in [0.4, 0.5) is 4.79 Å². The zero-order valence-electron chi connectivity index (χ0n) is 26.4. The number of rotatable bonds is 15. The van der Waals surface area contributed by atoms with E-state index in [1.807, 2.05) is 37.3 Å². The van der Waals surface area contributed by atoms with Crippen LogP contribution in [-0.4, -0.2) is 85.0 Å². The minimum Gasteiger partial charge on any atom is -0.464 e. The normalized spacial score (nSPS) is 17.8. The van der Waals surface area contributed by atoms with Crippen molar-refractivity contribution < 1.29 is 33.4 Å². The monoisotopic (exact) mass is 614 g/mol. The topological polar surface area (TPSA) is 134 Å². The molecule has 0 spiro atoms. The van der Waals surface area contributed by atoms with Crippen LogP contribution in [0, 0.1) is 11.8 Å². The van der Waals surface area contributed by atoms with E-state index in [0.29, 0.717) is 51.4 Å². The van der Waals surface area contributed by atoms with Crippen molar-refractivity contribution in [2.75, 3.05) is 39.3 Å². The molecule has 11 heteroatoms. The van der Waals surface area contributed by atoms with Crippen molar-refractivity contribution >= 4 is 29.8 Å². The number of nitrogens with zero attached hydrogens (tertiary/aromatic N) is 2. The van der Waals surface area contributed by atoms with Crippen LogP contribution in [-0.2, 0) is 35.3 Å². The Kier molecular flexibility index (Phi) is 15.0. The first kappa shape index (κ1) is 34.9. The van der Waals surface area contributed by atoms with Gasteiger partial charge in [-0.2, -0.15) is 0 Å². The molecule has 0 aromatic heterocycles. The van der Waals surface area contributed by atoms with Crippen molar-refractivity contribution in [2.24, 2.45) is 11.8 Å². The van der Waals surface area contributed by atoms with Crippen molar-refractivity contribution in [3.05, 3.63) is 35.9 Å². The van der Waals surface area contributed by atoms with E-state index >= 15 is 0 Å². The van der Waals surface area contributed by atoms with Gasteiger partial charge in [-0.1, -0.05) is 50.1 Å². The van der Waals surface area contributed by atoms with Crippen LogP contribution in [0.25, 0.3) is 0 Å². The number of ether oxygens (including phenoxy) is 2. The molecule has 4 amide bonds. The molecule has 1 unspecified atom stereocenters. The summed E-state index contributed by atoms with van der Waals surface area (Å²) in [6.45, 7) is 6.30. The van der Waals surface area contributed by atoms with Crippen LogP contribution in [0.15, 0.2) is 30.3 Å². The highest BCUT2D eigenvalue weighted by Crippen LogP contribution is 2.24. The largest absolute Gasteiger partial charge is 0.464 e. The number of piperidine rings is 2. The number of likely N-dealkylation sites (tertiary alicyclic amines) is 2. The van der Waals surface area contributed by atoms with Gasteiger partial charge >= 0.3 is 12.1 Å². The van der Waals surface area contributed by atoms with Crippen molar-refractivity contribution in [3.63, 3.8) is 0 Å². The summed E-state index contributed by atoms with van der Waals surface area (Å²) in [4.78, 5) is 66.7. The summed E-state index contributed by atoms with van der Waals surface area (Å²) in [7, 11) is 0.